The zero-order valence-corrected chi connectivity index (χ0v) is 18.9. The molecule has 1 heterocycles. The zero-order chi connectivity index (χ0) is 17.0. The molecule has 2 aliphatic rings. The molecule has 3 aromatic carbocycles. The van der Waals surface area contributed by atoms with Crippen LogP contribution < -0.4 is 29.7 Å². The second-order valence-corrected chi connectivity index (χ2v) is 8.28. The van der Waals surface area contributed by atoms with Crippen LogP contribution in [0.2, 0.25) is 0 Å². The van der Waals surface area contributed by atoms with Gasteiger partial charge in [0.25, 0.3) is 0 Å². The van der Waals surface area contributed by atoms with Crippen molar-refractivity contribution in [2.24, 2.45) is 0 Å². The molecule has 4 heteroatoms. The van der Waals surface area contributed by atoms with Gasteiger partial charge >= 0.3 is 164 Å². The molecule has 0 saturated heterocycles. The fourth-order valence-electron chi connectivity index (χ4n) is 4.10. The van der Waals surface area contributed by atoms with Crippen LogP contribution in [-0.4, -0.2) is 0 Å². The summed E-state index contributed by atoms with van der Waals surface area (Å²) >= 11 is 1.57. The maximum absolute atomic E-state index is 2.49. The Balaban J connectivity index is 0.00000105. The molecular formula is C23H18Cl2NZr. The summed E-state index contributed by atoms with van der Waals surface area (Å²) in [6.07, 6.45) is 2.40. The molecule has 0 amide bonds. The zero-order valence-electron chi connectivity index (χ0n) is 14.9. The van der Waals surface area contributed by atoms with Crippen molar-refractivity contribution >= 4 is 17.5 Å². The van der Waals surface area contributed by atoms with Crippen LogP contribution in [0.5, 0.6) is 0 Å². The topological polar surface area (TPSA) is 3.24 Å². The average Bonchev–Trinajstić information content (AvgIpc) is 2.95. The van der Waals surface area contributed by atoms with Gasteiger partial charge < -0.3 is 24.8 Å². The Kier molecular flexibility index (Phi) is 6.01. The molecule has 1 nitrogen and oxygen atoms in total. The van der Waals surface area contributed by atoms with Gasteiger partial charge in [-0.15, -0.1) is 0 Å². The molecule has 1 atom stereocenters. The smallest absolute Gasteiger partial charge is 1.00 e. The fourth-order valence-corrected chi connectivity index (χ4v) is 4.92. The number of nitrogens with zero attached hydrogens (tertiary/aromatic N) is 1. The number of rotatable bonds is 1. The van der Waals surface area contributed by atoms with Gasteiger partial charge in [-0.25, -0.2) is 0 Å². The summed E-state index contributed by atoms with van der Waals surface area (Å²) in [5, 5.41) is 0. The molecule has 133 valence electrons. The number of para-hydroxylation sites is 1. The standard InChI is InChI=1S/C23H18N.2ClH.Zr/c1-16-13-17-8-6-12-23(21(17)14-16)24-15-18-7-2-3-9-19(18)20-10-4-5-11-22(20)24;;;/h2-14H,15H2,1H3;2*1H;/q;;;+2/p-2. The summed E-state index contributed by atoms with van der Waals surface area (Å²) < 4.78 is 0.606. The number of hydrogen-bond donors (Lipinski definition) is 0. The van der Waals surface area contributed by atoms with Gasteiger partial charge in [0.15, 0.2) is 0 Å². The van der Waals surface area contributed by atoms with E-state index in [-0.39, 0.29) is 24.8 Å². The van der Waals surface area contributed by atoms with Gasteiger partial charge in [0.05, 0.1) is 0 Å². The number of anilines is 2. The fraction of sp³-hybridized carbons (Fsp3) is 0.130. The largest absolute Gasteiger partial charge is 1.00 e. The first kappa shape index (κ1) is 20.4. The van der Waals surface area contributed by atoms with E-state index in [2.05, 4.69) is 84.6 Å². The van der Waals surface area contributed by atoms with Crippen LogP contribution in [0.15, 0.2) is 72.3 Å². The van der Waals surface area contributed by atoms with Crippen LogP contribution in [0.1, 0.15) is 27.2 Å². The summed E-state index contributed by atoms with van der Waals surface area (Å²) in [7, 11) is 0. The number of fused-ring (bicyclic) bond motifs is 4. The van der Waals surface area contributed by atoms with Crippen LogP contribution in [0, 0.1) is 0 Å². The second kappa shape index (κ2) is 7.96. The Morgan fingerprint density at radius 1 is 0.815 bits per heavy atom. The Labute approximate surface area is 188 Å². The third kappa shape index (κ3) is 3.23. The van der Waals surface area contributed by atoms with Gasteiger partial charge in [-0.3, -0.25) is 0 Å². The van der Waals surface area contributed by atoms with Crippen LogP contribution in [0.25, 0.3) is 17.2 Å². The number of hydrogen-bond acceptors (Lipinski definition) is 1. The number of halogens is 2. The van der Waals surface area contributed by atoms with E-state index in [1.165, 1.54) is 44.8 Å². The van der Waals surface area contributed by atoms with Crippen molar-refractivity contribution in [2.45, 2.75) is 17.1 Å². The summed E-state index contributed by atoms with van der Waals surface area (Å²) in [6, 6.07) is 24.4. The summed E-state index contributed by atoms with van der Waals surface area (Å²) in [5.74, 6) is 0. The van der Waals surface area contributed by atoms with Gasteiger partial charge in [-0.05, 0) is 0 Å². The molecule has 27 heavy (non-hydrogen) atoms. The minimum atomic E-state index is 0. The van der Waals surface area contributed by atoms with Crippen molar-refractivity contribution in [2.75, 3.05) is 4.90 Å². The Hall–Kier alpha value is -1.34. The first-order valence-electron chi connectivity index (χ1n) is 8.71. The molecule has 1 aliphatic carbocycles. The third-order valence-corrected chi connectivity index (χ3v) is 7.26. The summed E-state index contributed by atoms with van der Waals surface area (Å²) in [4.78, 5) is 2.49. The molecule has 0 bridgehead atoms. The maximum Gasteiger partial charge on any atom is -1.00 e. The van der Waals surface area contributed by atoms with Crippen molar-refractivity contribution in [3.63, 3.8) is 0 Å². The van der Waals surface area contributed by atoms with Crippen LogP contribution in [0.3, 0.4) is 0 Å². The predicted molar refractivity (Wildman–Crippen MR) is 101 cm³/mol. The predicted octanol–water partition coefficient (Wildman–Crippen LogP) is 0.0181. The minimum absolute atomic E-state index is 0. The van der Waals surface area contributed by atoms with Crippen molar-refractivity contribution in [3.8, 4) is 11.1 Å². The van der Waals surface area contributed by atoms with Gasteiger partial charge in [0.2, 0.25) is 0 Å². The van der Waals surface area contributed by atoms with E-state index in [1.54, 1.807) is 24.7 Å². The molecule has 0 spiro atoms. The molecule has 0 fully saturated rings. The number of benzene rings is 3. The maximum atomic E-state index is 2.49. The van der Waals surface area contributed by atoms with Crippen molar-refractivity contribution < 1.29 is 49.5 Å². The molecule has 5 rings (SSSR count). The van der Waals surface area contributed by atoms with E-state index < -0.39 is 0 Å². The van der Waals surface area contributed by atoms with E-state index in [0.717, 1.165) is 6.54 Å². The average molecular weight is 471 g/mol. The van der Waals surface area contributed by atoms with Crippen LogP contribution in [0.4, 0.5) is 11.4 Å². The van der Waals surface area contributed by atoms with E-state index in [4.69, 9.17) is 0 Å². The van der Waals surface area contributed by atoms with Crippen molar-refractivity contribution in [3.05, 3.63) is 89.0 Å². The minimum Gasteiger partial charge on any atom is -1.00 e. The molecule has 0 saturated carbocycles. The van der Waals surface area contributed by atoms with Gasteiger partial charge in [0, 0.05) is 0 Å². The second-order valence-electron chi connectivity index (χ2n) is 6.86. The number of allylic oxidation sites excluding steroid dienone is 1. The van der Waals surface area contributed by atoms with E-state index >= 15 is 0 Å². The molecule has 0 aromatic heterocycles. The van der Waals surface area contributed by atoms with E-state index in [0.29, 0.717) is 3.63 Å². The van der Waals surface area contributed by atoms with Crippen LogP contribution >= 0.6 is 0 Å². The first-order chi connectivity index (χ1) is 12.2. The van der Waals surface area contributed by atoms with Crippen molar-refractivity contribution in [1.29, 1.82) is 0 Å². The SMILES string of the molecule is CC1=Cc2c(cccc2N2Cc3ccccc3-c3ccccc32)[CH]1[Zr+2].[Cl-].[Cl-]. The van der Waals surface area contributed by atoms with Crippen LogP contribution in [-0.2, 0) is 31.3 Å². The monoisotopic (exact) mass is 468 g/mol. The summed E-state index contributed by atoms with van der Waals surface area (Å²) in [6.45, 7) is 3.20. The molecular weight excluding hydrogens is 452 g/mol. The van der Waals surface area contributed by atoms with Gasteiger partial charge in [0.1, 0.15) is 0 Å². The normalized spacial score (nSPS) is 16.3. The third-order valence-electron chi connectivity index (χ3n) is 5.38. The Bertz CT molecular complexity index is 1030. The van der Waals surface area contributed by atoms with Gasteiger partial charge in [-0.1, -0.05) is 0 Å². The molecule has 1 aliphatic heterocycles. The summed E-state index contributed by atoms with van der Waals surface area (Å²) in [5.41, 5.74) is 11.1. The van der Waals surface area contributed by atoms with Gasteiger partial charge in [-0.2, -0.15) is 0 Å². The first-order valence-corrected chi connectivity index (χ1v) is 10.1. The Morgan fingerprint density at radius 3 is 2.30 bits per heavy atom. The quantitative estimate of drug-likeness (QED) is 0.485. The van der Waals surface area contributed by atoms with E-state index in [1.807, 2.05) is 0 Å². The molecule has 1 unspecified atom stereocenters. The Morgan fingerprint density at radius 2 is 1.48 bits per heavy atom. The molecule has 0 N–H and O–H groups in total. The van der Waals surface area contributed by atoms with E-state index in [9.17, 15) is 0 Å². The molecule has 3 aromatic rings. The van der Waals surface area contributed by atoms with Crippen molar-refractivity contribution in [1.82, 2.24) is 0 Å². The molecule has 0 radical (unpaired) electrons.